The van der Waals surface area contributed by atoms with Crippen LogP contribution in [0.3, 0.4) is 0 Å². The van der Waals surface area contributed by atoms with E-state index in [2.05, 4.69) is 0 Å². The van der Waals surface area contributed by atoms with Gasteiger partial charge in [0, 0.05) is 6.61 Å². The number of benzene rings is 2. The van der Waals surface area contributed by atoms with Crippen molar-refractivity contribution in [3.05, 3.63) is 59.7 Å². The van der Waals surface area contributed by atoms with Gasteiger partial charge in [-0.15, -0.1) is 0 Å². The van der Waals surface area contributed by atoms with Gasteiger partial charge in [0.15, 0.2) is 15.1 Å². The molecule has 0 saturated carbocycles. The summed E-state index contributed by atoms with van der Waals surface area (Å²) in [5.41, 5.74) is 2.03. The van der Waals surface area contributed by atoms with E-state index >= 15 is 0 Å². The molecule has 146 valence electrons. The Morgan fingerprint density at radius 3 is 2.04 bits per heavy atom. The third kappa shape index (κ3) is 6.08. The molecule has 0 aliphatic heterocycles. The Morgan fingerprint density at radius 1 is 0.926 bits per heavy atom. The molecule has 0 fully saturated rings. The van der Waals surface area contributed by atoms with Crippen LogP contribution in [0.1, 0.15) is 17.5 Å². The number of rotatable bonds is 10. The molecule has 0 spiro atoms. The van der Waals surface area contributed by atoms with E-state index in [1.54, 1.807) is 12.1 Å². The smallest absolute Gasteiger partial charge is 0.322 e. The third-order valence-electron chi connectivity index (χ3n) is 4.04. The lowest BCUT2D eigenvalue weighted by Crippen LogP contribution is -2.31. The standard InChI is InChI=1S/C20H24O6S/c1-15-3-7-17(8-4-15)26-14-13-25-12-11-19(20(21)22)27(23,24)18-9-5-16(2)6-10-18/h3-10,19H,11-14H2,1-2H3,(H,21,22). The molecule has 0 aliphatic rings. The van der Waals surface area contributed by atoms with Gasteiger partial charge in [-0.1, -0.05) is 35.4 Å². The molecule has 2 rings (SSSR count). The van der Waals surface area contributed by atoms with Crippen molar-refractivity contribution in [2.24, 2.45) is 0 Å². The topological polar surface area (TPSA) is 89.9 Å². The fourth-order valence-corrected chi connectivity index (χ4v) is 3.96. The number of sulfone groups is 1. The molecule has 1 N–H and O–H groups in total. The quantitative estimate of drug-likeness (QED) is 0.625. The predicted molar refractivity (Wildman–Crippen MR) is 102 cm³/mol. The number of hydrogen-bond donors (Lipinski definition) is 1. The fraction of sp³-hybridized carbons (Fsp3) is 0.350. The molecule has 0 radical (unpaired) electrons. The van der Waals surface area contributed by atoms with Crippen molar-refractivity contribution in [2.75, 3.05) is 19.8 Å². The van der Waals surface area contributed by atoms with Crippen LogP contribution in [-0.2, 0) is 19.4 Å². The molecule has 6 nitrogen and oxygen atoms in total. The predicted octanol–water partition coefficient (Wildman–Crippen LogP) is 3.02. The molecule has 0 aliphatic carbocycles. The van der Waals surface area contributed by atoms with Crippen LogP contribution < -0.4 is 4.74 Å². The highest BCUT2D eigenvalue weighted by molar-refractivity contribution is 7.92. The first-order valence-corrected chi connectivity index (χ1v) is 10.2. The first-order valence-electron chi connectivity index (χ1n) is 8.61. The molecule has 1 unspecified atom stereocenters. The minimum Gasteiger partial charge on any atom is -0.491 e. The molecule has 7 heteroatoms. The highest BCUT2D eigenvalue weighted by atomic mass is 32.2. The van der Waals surface area contributed by atoms with Gasteiger partial charge in [0.2, 0.25) is 0 Å². The van der Waals surface area contributed by atoms with E-state index in [4.69, 9.17) is 9.47 Å². The average Bonchev–Trinajstić information content (AvgIpc) is 2.62. The van der Waals surface area contributed by atoms with E-state index in [9.17, 15) is 18.3 Å². The summed E-state index contributed by atoms with van der Waals surface area (Å²) in [6, 6.07) is 13.7. The number of aryl methyl sites for hydroxylation is 2. The van der Waals surface area contributed by atoms with E-state index in [1.807, 2.05) is 38.1 Å². The number of aliphatic carboxylic acids is 1. The molecule has 27 heavy (non-hydrogen) atoms. The Hall–Kier alpha value is -2.38. The van der Waals surface area contributed by atoms with Gasteiger partial charge in [0.05, 0.1) is 11.5 Å². The van der Waals surface area contributed by atoms with Crippen LogP contribution in [0.15, 0.2) is 53.4 Å². The maximum absolute atomic E-state index is 12.6. The maximum atomic E-state index is 12.6. The normalized spacial score (nSPS) is 12.5. The Bertz CT molecular complexity index is 841. The highest BCUT2D eigenvalue weighted by Crippen LogP contribution is 2.19. The van der Waals surface area contributed by atoms with E-state index < -0.39 is 21.1 Å². The first-order chi connectivity index (χ1) is 12.8. The van der Waals surface area contributed by atoms with Crippen molar-refractivity contribution >= 4 is 15.8 Å². The van der Waals surface area contributed by atoms with Crippen LogP contribution >= 0.6 is 0 Å². The molecule has 0 heterocycles. The first kappa shape index (κ1) is 20.9. The maximum Gasteiger partial charge on any atom is 0.322 e. The number of carboxylic acids is 1. The number of hydrogen-bond acceptors (Lipinski definition) is 5. The lowest BCUT2D eigenvalue weighted by atomic mass is 10.2. The van der Waals surface area contributed by atoms with Crippen LogP contribution in [0.5, 0.6) is 5.75 Å². The number of carboxylic acid groups (broad SMARTS) is 1. The second kappa shape index (κ2) is 9.53. The van der Waals surface area contributed by atoms with Crippen molar-refractivity contribution in [2.45, 2.75) is 30.4 Å². The molecule has 2 aromatic carbocycles. The zero-order chi connectivity index (χ0) is 19.9. The van der Waals surface area contributed by atoms with Gasteiger partial charge < -0.3 is 14.6 Å². The Morgan fingerprint density at radius 2 is 1.48 bits per heavy atom. The molecule has 0 amide bonds. The summed E-state index contributed by atoms with van der Waals surface area (Å²) in [5, 5.41) is 7.80. The van der Waals surface area contributed by atoms with Crippen LogP contribution in [0.4, 0.5) is 0 Å². The Balaban J connectivity index is 1.83. The minimum atomic E-state index is -3.97. The molecule has 0 saturated heterocycles. The van der Waals surface area contributed by atoms with E-state index in [-0.39, 0.29) is 24.5 Å². The zero-order valence-corrected chi connectivity index (χ0v) is 16.2. The number of ether oxygens (including phenoxy) is 2. The van der Waals surface area contributed by atoms with Crippen LogP contribution in [-0.4, -0.2) is 44.6 Å². The van der Waals surface area contributed by atoms with Crippen molar-refractivity contribution in [1.29, 1.82) is 0 Å². The van der Waals surface area contributed by atoms with Crippen LogP contribution in [0.2, 0.25) is 0 Å². The molecular weight excluding hydrogens is 368 g/mol. The van der Waals surface area contributed by atoms with Gasteiger partial charge in [0.25, 0.3) is 0 Å². The van der Waals surface area contributed by atoms with Crippen molar-refractivity contribution in [3.8, 4) is 5.75 Å². The molecular formula is C20H24O6S. The summed E-state index contributed by atoms with van der Waals surface area (Å²) >= 11 is 0. The SMILES string of the molecule is Cc1ccc(OCCOCCC(C(=O)O)S(=O)(=O)c2ccc(C)cc2)cc1. The molecule has 0 aromatic heterocycles. The lowest BCUT2D eigenvalue weighted by Gasteiger charge is -2.14. The molecule has 1 atom stereocenters. The van der Waals surface area contributed by atoms with Crippen molar-refractivity contribution < 1.29 is 27.8 Å². The van der Waals surface area contributed by atoms with Gasteiger partial charge in [-0.3, -0.25) is 4.79 Å². The van der Waals surface area contributed by atoms with Gasteiger partial charge in [-0.25, -0.2) is 8.42 Å². The van der Waals surface area contributed by atoms with Crippen LogP contribution in [0, 0.1) is 13.8 Å². The van der Waals surface area contributed by atoms with Crippen LogP contribution in [0.25, 0.3) is 0 Å². The van der Waals surface area contributed by atoms with Gasteiger partial charge in [0.1, 0.15) is 12.4 Å². The average molecular weight is 392 g/mol. The molecule has 2 aromatic rings. The highest BCUT2D eigenvalue weighted by Gasteiger charge is 2.33. The summed E-state index contributed by atoms with van der Waals surface area (Å²) in [7, 11) is -3.97. The van der Waals surface area contributed by atoms with Gasteiger partial charge in [-0.05, 0) is 44.5 Å². The largest absolute Gasteiger partial charge is 0.491 e. The third-order valence-corrected chi connectivity index (χ3v) is 6.16. The molecule has 0 bridgehead atoms. The van der Waals surface area contributed by atoms with E-state index in [0.29, 0.717) is 6.61 Å². The summed E-state index contributed by atoms with van der Waals surface area (Å²) in [5.74, 6) is -0.662. The lowest BCUT2D eigenvalue weighted by molar-refractivity contribution is -0.136. The minimum absolute atomic E-state index is 0.00297. The summed E-state index contributed by atoms with van der Waals surface area (Å²) in [4.78, 5) is 11.5. The van der Waals surface area contributed by atoms with E-state index in [1.165, 1.54) is 12.1 Å². The van der Waals surface area contributed by atoms with E-state index in [0.717, 1.165) is 16.9 Å². The second-order valence-corrected chi connectivity index (χ2v) is 8.38. The summed E-state index contributed by atoms with van der Waals surface area (Å²) < 4.78 is 36.0. The van der Waals surface area contributed by atoms with Crippen molar-refractivity contribution in [3.63, 3.8) is 0 Å². The second-order valence-electron chi connectivity index (χ2n) is 6.25. The summed E-state index contributed by atoms with van der Waals surface area (Å²) in [6.07, 6.45) is -0.129. The Labute approximate surface area is 159 Å². The zero-order valence-electron chi connectivity index (χ0n) is 15.4. The monoisotopic (exact) mass is 392 g/mol. The van der Waals surface area contributed by atoms with Gasteiger partial charge in [-0.2, -0.15) is 0 Å². The van der Waals surface area contributed by atoms with Crippen molar-refractivity contribution in [1.82, 2.24) is 0 Å². The summed E-state index contributed by atoms with van der Waals surface area (Å²) in [6.45, 7) is 4.36. The fourth-order valence-electron chi connectivity index (χ4n) is 2.45. The number of carbonyl (C=O) groups is 1. The Kier molecular flexibility index (Phi) is 7.38. The van der Waals surface area contributed by atoms with Gasteiger partial charge >= 0.3 is 5.97 Å².